The molecule has 0 spiro atoms. The van der Waals surface area contributed by atoms with Crippen LogP contribution in [0.25, 0.3) is 0 Å². The second-order valence-corrected chi connectivity index (χ2v) is 21.3. The number of hydrogen-bond donors (Lipinski definition) is 0. The molecule has 0 bridgehead atoms. The van der Waals surface area contributed by atoms with Gasteiger partial charge < -0.3 is 14.2 Å². The van der Waals surface area contributed by atoms with Gasteiger partial charge in [-0.05, 0) is 148 Å². The summed E-state index contributed by atoms with van der Waals surface area (Å²) in [4.78, 5) is 38.4. The largest absolute Gasteiger partial charge is 0.462 e. The van der Waals surface area contributed by atoms with Gasteiger partial charge >= 0.3 is 17.9 Å². The number of carbonyl (C=O) groups excluding carboxylic acids is 3. The van der Waals surface area contributed by atoms with E-state index in [0.29, 0.717) is 19.3 Å². The number of carbonyl (C=O) groups is 3. The van der Waals surface area contributed by atoms with Crippen molar-refractivity contribution >= 4 is 17.9 Å². The minimum absolute atomic E-state index is 0.106. The highest BCUT2D eigenvalue weighted by Crippen LogP contribution is 2.14. The first-order valence-corrected chi connectivity index (χ1v) is 33.1. The van der Waals surface area contributed by atoms with Crippen LogP contribution < -0.4 is 0 Å². The summed E-state index contributed by atoms with van der Waals surface area (Å²) in [6.45, 7) is 6.33. The molecule has 0 fully saturated rings. The first kappa shape index (κ1) is 76.8. The maximum atomic E-state index is 12.9. The van der Waals surface area contributed by atoms with Gasteiger partial charge in [-0.1, -0.05) is 274 Å². The summed E-state index contributed by atoms with van der Waals surface area (Å²) >= 11 is 0. The summed E-state index contributed by atoms with van der Waals surface area (Å²) in [5.41, 5.74) is 0. The summed E-state index contributed by atoms with van der Waals surface area (Å²) in [5, 5.41) is 0. The second-order valence-electron chi connectivity index (χ2n) is 21.3. The van der Waals surface area contributed by atoms with Crippen LogP contribution in [0.4, 0.5) is 0 Å². The third kappa shape index (κ3) is 65.6. The van der Waals surface area contributed by atoms with E-state index in [4.69, 9.17) is 14.2 Å². The van der Waals surface area contributed by atoms with Crippen LogP contribution in [0.1, 0.15) is 271 Å². The summed E-state index contributed by atoms with van der Waals surface area (Å²) in [5.74, 6) is -0.962. The van der Waals surface area contributed by atoms with Crippen molar-refractivity contribution in [2.75, 3.05) is 13.2 Å². The smallest absolute Gasteiger partial charge is 0.306 e. The van der Waals surface area contributed by atoms with Crippen molar-refractivity contribution in [1.82, 2.24) is 0 Å². The highest BCUT2D eigenvalue weighted by Gasteiger charge is 2.19. The molecule has 0 amide bonds. The summed E-state index contributed by atoms with van der Waals surface area (Å²) < 4.78 is 16.9. The van der Waals surface area contributed by atoms with Crippen molar-refractivity contribution < 1.29 is 28.6 Å². The van der Waals surface area contributed by atoms with E-state index < -0.39 is 6.10 Å². The predicted octanol–water partition coefficient (Wildman–Crippen LogP) is 23.0. The van der Waals surface area contributed by atoms with E-state index in [1.165, 1.54) is 57.8 Å². The highest BCUT2D eigenvalue weighted by molar-refractivity contribution is 5.71. The number of rotatable bonds is 58. The lowest BCUT2D eigenvalue weighted by atomic mass is 10.1. The van der Waals surface area contributed by atoms with E-state index in [0.717, 1.165) is 173 Å². The minimum Gasteiger partial charge on any atom is -0.462 e. The van der Waals surface area contributed by atoms with Crippen LogP contribution in [-0.2, 0) is 28.6 Å². The Hall–Kier alpha value is -5.23. The molecule has 0 rings (SSSR count). The minimum atomic E-state index is -0.812. The van der Waals surface area contributed by atoms with Crippen molar-refractivity contribution in [1.29, 1.82) is 0 Å². The topological polar surface area (TPSA) is 78.9 Å². The van der Waals surface area contributed by atoms with Crippen LogP contribution >= 0.6 is 0 Å². The van der Waals surface area contributed by atoms with Gasteiger partial charge in [-0.25, -0.2) is 0 Å². The fraction of sp³-hybridized carbons (Fsp3) is 0.592. The Bertz CT molecular complexity index is 1870. The van der Waals surface area contributed by atoms with Gasteiger partial charge in [0.1, 0.15) is 13.2 Å². The van der Waals surface area contributed by atoms with Crippen molar-refractivity contribution in [3.05, 3.63) is 170 Å². The van der Waals surface area contributed by atoms with E-state index in [9.17, 15) is 14.4 Å². The Morgan fingerprint density at radius 3 is 0.756 bits per heavy atom. The molecule has 0 aliphatic carbocycles. The number of ether oxygens (including phenoxy) is 3. The van der Waals surface area contributed by atoms with Gasteiger partial charge in [0.05, 0.1) is 0 Å². The molecule has 460 valence electrons. The molecule has 6 heteroatoms. The summed E-state index contributed by atoms with van der Waals surface area (Å²) in [7, 11) is 0. The van der Waals surface area contributed by atoms with Crippen LogP contribution in [0.15, 0.2) is 170 Å². The Kier molecular flexibility index (Phi) is 63.9. The zero-order valence-electron chi connectivity index (χ0n) is 52.7. The van der Waals surface area contributed by atoms with Crippen LogP contribution in [0.2, 0.25) is 0 Å². The van der Waals surface area contributed by atoms with Gasteiger partial charge in [-0.2, -0.15) is 0 Å². The molecule has 0 saturated carbocycles. The van der Waals surface area contributed by atoms with Crippen LogP contribution in [0, 0.1) is 0 Å². The predicted molar refractivity (Wildman–Crippen MR) is 357 cm³/mol. The zero-order valence-corrected chi connectivity index (χ0v) is 52.7. The van der Waals surface area contributed by atoms with E-state index >= 15 is 0 Å². The molecule has 0 N–H and O–H groups in total. The first-order chi connectivity index (χ1) is 40.5. The van der Waals surface area contributed by atoms with Gasteiger partial charge in [-0.15, -0.1) is 0 Å². The number of allylic oxidation sites excluding steroid dienone is 28. The van der Waals surface area contributed by atoms with Gasteiger partial charge in [0, 0.05) is 19.3 Å². The Labute approximate surface area is 504 Å². The van der Waals surface area contributed by atoms with E-state index in [2.05, 4.69) is 191 Å². The highest BCUT2D eigenvalue weighted by atomic mass is 16.6. The van der Waals surface area contributed by atoms with E-state index in [-0.39, 0.29) is 31.1 Å². The monoisotopic (exact) mass is 1130 g/mol. The maximum Gasteiger partial charge on any atom is 0.306 e. The normalized spacial score (nSPS) is 13.3. The standard InChI is InChI=1S/C76H120O6/c1-4-7-10-13-16-19-22-25-28-30-32-34-36-38-40-42-44-46-48-51-54-57-60-63-66-69-75(78)81-72-73(71-80-74(77)68-65-62-59-56-53-50-27-24-21-18-15-12-9-6-3)82-76(79)70-67-64-61-58-55-52-49-47-45-43-41-39-37-35-33-31-29-26-23-20-17-14-11-8-5-2/h7-8,10-11,15-20,24-29,32-35,38-41,44,46,51,54,73H,4-6,9,12-14,21-23,30-31,36-37,42-43,45,47-50,52-53,55-72H2,1-3H3/b10-7-,11-8-,18-15-,19-16-,20-17-,27-24-,28-25-,29-26-,34-32-,35-33-,40-38-,41-39-,46-44-,54-51-. The lowest BCUT2D eigenvalue weighted by Gasteiger charge is -2.18. The third-order valence-electron chi connectivity index (χ3n) is 13.4. The molecule has 1 unspecified atom stereocenters. The fourth-order valence-corrected chi connectivity index (χ4v) is 8.52. The van der Waals surface area contributed by atoms with Crippen LogP contribution in [-0.4, -0.2) is 37.2 Å². The van der Waals surface area contributed by atoms with Crippen LogP contribution in [0.5, 0.6) is 0 Å². The maximum absolute atomic E-state index is 12.9. The lowest BCUT2D eigenvalue weighted by Crippen LogP contribution is -2.30. The third-order valence-corrected chi connectivity index (χ3v) is 13.4. The summed E-state index contributed by atoms with van der Waals surface area (Å²) in [6.07, 6.45) is 101. The number of hydrogen-bond acceptors (Lipinski definition) is 6. The van der Waals surface area contributed by atoms with E-state index in [1.807, 2.05) is 0 Å². The van der Waals surface area contributed by atoms with Crippen LogP contribution in [0.3, 0.4) is 0 Å². The quantitative estimate of drug-likeness (QED) is 0.0261. The molecular formula is C76H120O6. The average Bonchev–Trinajstić information content (AvgIpc) is 3.47. The molecule has 6 nitrogen and oxygen atoms in total. The zero-order chi connectivity index (χ0) is 59.2. The Balaban J connectivity index is 4.47. The molecule has 0 aliphatic heterocycles. The molecule has 0 aromatic rings. The van der Waals surface area contributed by atoms with Gasteiger partial charge in [0.15, 0.2) is 6.10 Å². The molecular weight excluding hydrogens is 1010 g/mol. The van der Waals surface area contributed by atoms with Gasteiger partial charge in [0.25, 0.3) is 0 Å². The molecule has 1 atom stereocenters. The van der Waals surface area contributed by atoms with Gasteiger partial charge in [0.2, 0.25) is 0 Å². The first-order valence-electron chi connectivity index (χ1n) is 33.1. The second kappa shape index (κ2) is 68.3. The Morgan fingerprint density at radius 2 is 0.476 bits per heavy atom. The molecule has 82 heavy (non-hydrogen) atoms. The molecule has 0 aromatic carbocycles. The SMILES string of the molecule is CC/C=C\C/C=C\C/C=C\C/C=C\C/C=C\C/C=C\C/C=C\CCCCCC(=O)OCC(COC(=O)CCCCCCC/C=C\C/C=C\CCCC)OC(=O)CCCCCCCCCCC/C=C\C/C=C\C/C=C\C/C=C\C/C=C\CC. The average molecular weight is 1130 g/mol. The molecule has 0 aliphatic rings. The number of unbranched alkanes of at least 4 members (excludes halogenated alkanes) is 19. The van der Waals surface area contributed by atoms with Crippen molar-refractivity contribution in [2.45, 2.75) is 277 Å². The molecule has 0 radical (unpaired) electrons. The van der Waals surface area contributed by atoms with Gasteiger partial charge in [-0.3, -0.25) is 14.4 Å². The Morgan fingerprint density at radius 1 is 0.256 bits per heavy atom. The fourth-order valence-electron chi connectivity index (χ4n) is 8.52. The molecule has 0 heterocycles. The lowest BCUT2D eigenvalue weighted by molar-refractivity contribution is -0.167. The molecule has 0 aromatic heterocycles. The van der Waals surface area contributed by atoms with Crippen molar-refractivity contribution in [3.63, 3.8) is 0 Å². The molecule has 0 saturated heterocycles. The van der Waals surface area contributed by atoms with E-state index in [1.54, 1.807) is 0 Å². The summed E-state index contributed by atoms with van der Waals surface area (Å²) in [6, 6.07) is 0. The number of esters is 3. The van der Waals surface area contributed by atoms with Crippen molar-refractivity contribution in [3.8, 4) is 0 Å². The van der Waals surface area contributed by atoms with Crippen molar-refractivity contribution in [2.24, 2.45) is 0 Å².